The van der Waals surface area contributed by atoms with Gasteiger partial charge in [-0.1, -0.05) is 18.2 Å². The van der Waals surface area contributed by atoms with Crippen molar-refractivity contribution >= 4 is 28.5 Å². The lowest BCUT2D eigenvalue weighted by molar-refractivity contribution is -0.139. The predicted molar refractivity (Wildman–Crippen MR) is 109 cm³/mol. The van der Waals surface area contributed by atoms with E-state index in [4.69, 9.17) is 9.84 Å². The van der Waals surface area contributed by atoms with Crippen LogP contribution in [-0.2, 0) is 4.79 Å². The Bertz CT molecular complexity index is 948. The summed E-state index contributed by atoms with van der Waals surface area (Å²) < 4.78 is 34.2. The van der Waals surface area contributed by atoms with Crippen molar-refractivity contribution in [2.45, 2.75) is 18.4 Å². The fourth-order valence-corrected chi connectivity index (χ4v) is 3.85. The van der Waals surface area contributed by atoms with E-state index >= 15 is 0 Å². The van der Waals surface area contributed by atoms with Gasteiger partial charge in [0.2, 0.25) is 0 Å². The summed E-state index contributed by atoms with van der Waals surface area (Å²) in [6, 6.07) is 9.49. The number of carboxylic acids is 1. The van der Waals surface area contributed by atoms with Gasteiger partial charge in [-0.3, -0.25) is 9.69 Å². The zero-order chi connectivity index (χ0) is 19.9. The molecule has 0 amide bonds. The molecule has 4 rings (SSSR count). The van der Waals surface area contributed by atoms with E-state index in [2.05, 4.69) is 0 Å². The van der Waals surface area contributed by atoms with Crippen molar-refractivity contribution in [1.29, 1.82) is 0 Å². The summed E-state index contributed by atoms with van der Waals surface area (Å²) in [5.41, 5.74) is 0.983. The number of phenolic OH excluding ortho intramolecular Hbond substituents is 1. The molecule has 2 aromatic rings. The van der Waals surface area contributed by atoms with Crippen LogP contribution in [0.25, 0.3) is 5.57 Å². The van der Waals surface area contributed by atoms with Gasteiger partial charge < -0.3 is 14.9 Å². The molecule has 0 atom stereocenters. The van der Waals surface area contributed by atoms with Crippen molar-refractivity contribution in [2.24, 2.45) is 0 Å². The first-order valence-corrected chi connectivity index (χ1v) is 9.01. The summed E-state index contributed by atoms with van der Waals surface area (Å²) in [5, 5.41) is 18.4. The molecule has 1 saturated heterocycles. The number of aromatic hydroxyl groups is 1. The van der Waals surface area contributed by atoms with Crippen molar-refractivity contribution < 1.29 is 28.5 Å². The molecule has 2 aliphatic rings. The molecule has 2 aliphatic heterocycles. The van der Waals surface area contributed by atoms with Crippen LogP contribution in [0.5, 0.6) is 11.5 Å². The summed E-state index contributed by atoms with van der Waals surface area (Å²) >= 11 is 0. The molecule has 0 aromatic heterocycles. The zero-order valence-electron chi connectivity index (χ0n) is 15.4. The van der Waals surface area contributed by atoms with E-state index < -0.39 is 29.0 Å². The SMILES string of the molecule is Br.O=C(O)CN1CCC2(C=C(c3cc(F)c(O)c(F)c3)c3ccccc3O2)CC1. The summed E-state index contributed by atoms with van der Waals surface area (Å²) in [6.07, 6.45) is 2.99. The summed E-state index contributed by atoms with van der Waals surface area (Å²) in [4.78, 5) is 12.8. The second-order valence-corrected chi connectivity index (χ2v) is 7.18. The number of aliphatic carboxylic acids is 1. The van der Waals surface area contributed by atoms with Crippen LogP contribution in [0.2, 0.25) is 0 Å². The van der Waals surface area contributed by atoms with Gasteiger partial charge in [-0.15, -0.1) is 17.0 Å². The molecule has 1 fully saturated rings. The third-order valence-corrected chi connectivity index (χ3v) is 5.29. The quantitative estimate of drug-likeness (QED) is 0.713. The van der Waals surface area contributed by atoms with Gasteiger partial charge in [0, 0.05) is 31.5 Å². The molecule has 2 heterocycles. The summed E-state index contributed by atoms with van der Waals surface area (Å²) in [5.74, 6) is -3.31. The number of phenols is 1. The highest BCUT2D eigenvalue weighted by Crippen LogP contribution is 2.43. The second-order valence-electron chi connectivity index (χ2n) is 7.18. The number of nitrogens with zero attached hydrogens (tertiary/aromatic N) is 1. The molecule has 0 radical (unpaired) electrons. The Morgan fingerprint density at radius 2 is 1.76 bits per heavy atom. The number of fused-ring (bicyclic) bond motifs is 1. The predicted octanol–water partition coefficient (Wildman–Crippen LogP) is 3.99. The fraction of sp³-hybridized carbons (Fsp3) is 0.286. The first-order chi connectivity index (χ1) is 13.4. The minimum Gasteiger partial charge on any atom is -0.503 e. The van der Waals surface area contributed by atoms with Gasteiger partial charge in [-0.05, 0) is 35.4 Å². The van der Waals surface area contributed by atoms with Gasteiger partial charge in [-0.25, -0.2) is 8.78 Å². The van der Waals surface area contributed by atoms with Crippen LogP contribution in [0, 0.1) is 11.6 Å². The largest absolute Gasteiger partial charge is 0.503 e. The number of benzene rings is 2. The molecule has 0 aliphatic carbocycles. The molecule has 2 N–H and O–H groups in total. The van der Waals surface area contributed by atoms with Crippen molar-refractivity contribution in [3.8, 4) is 11.5 Å². The van der Waals surface area contributed by atoms with Gasteiger partial charge in [0.1, 0.15) is 11.4 Å². The number of rotatable bonds is 3. The Labute approximate surface area is 177 Å². The molecule has 5 nitrogen and oxygen atoms in total. The maximum absolute atomic E-state index is 14.0. The number of hydrogen-bond donors (Lipinski definition) is 2. The molecule has 154 valence electrons. The number of para-hydroxylation sites is 1. The molecule has 0 unspecified atom stereocenters. The van der Waals surface area contributed by atoms with Crippen LogP contribution in [0.1, 0.15) is 24.0 Å². The van der Waals surface area contributed by atoms with E-state index in [9.17, 15) is 18.7 Å². The third-order valence-electron chi connectivity index (χ3n) is 5.29. The topological polar surface area (TPSA) is 70.0 Å². The number of carboxylic acid groups (broad SMARTS) is 1. The summed E-state index contributed by atoms with van der Waals surface area (Å²) in [7, 11) is 0. The van der Waals surface area contributed by atoms with E-state index in [0.29, 0.717) is 48.4 Å². The van der Waals surface area contributed by atoms with Crippen molar-refractivity contribution in [3.63, 3.8) is 0 Å². The van der Waals surface area contributed by atoms with Crippen LogP contribution in [0.15, 0.2) is 42.5 Å². The van der Waals surface area contributed by atoms with Crippen LogP contribution in [0.3, 0.4) is 0 Å². The number of likely N-dealkylation sites (tertiary alicyclic amines) is 1. The smallest absolute Gasteiger partial charge is 0.317 e. The van der Waals surface area contributed by atoms with Gasteiger partial charge in [0.25, 0.3) is 0 Å². The van der Waals surface area contributed by atoms with Crippen LogP contribution in [0.4, 0.5) is 8.78 Å². The van der Waals surface area contributed by atoms with Gasteiger partial charge in [0.05, 0.1) is 6.54 Å². The monoisotopic (exact) mass is 467 g/mol. The Morgan fingerprint density at radius 1 is 1.14 bits per heavy atom. The Balaban J connectivity index is 0.00000240. The van der Waals surface area contributed by atoms with Crippen molar-refractivity contribution in [1.82, 2.24) is 4.90 Å². The maximum Gasteiger partial charge on any atom is 0.317 e. The second kappa shape index (κ2) is 8.12. The first kappa shape index (κ1) is 21.3. The third kappa shape index (κ3) is 4.13. The van der Waals surface area contributed by atoms with Gasteiger partial charge in [0.15, 0.2) is 17.4 Å². The molecular formula is C21H20BrF2NO4. The van der Waals surface area contributed by atoms with E-state index in [1.54, 1.807) is 6.07 Å². The molecule has 29 heavy (non-hydrogen) atoms. The fourth-order valence-electron chi connectivity index (χ4n) is 3.85. The lowest BCUT2D eigenvalue weighted by Gasteiger charge is -2.42. The highest BCUT2D eigenvalue weighted by Gasteiger charge is 2.39. The van der Waals surface area contributed by atoms with Gasteiger partial charge in [-0.2, -0.15) is 0 Å². The minimum atomic E-state index is -1.02. The van der Waals surface area contributed by atoms with Gasteiger partial charge >= 0.3 is 5.97 Å². The number of carbonyl (C=O) groups is 1. The Kier molecular flexibility index (Phi) is 5.95. The van der Waals surface area contributed by atoms with E-state index in [-0.39, 0.29) is 23.5 Å². The Morgan fingerprint density at radius 3 is 2.38 bits per heavy atom. The molecule has 1 spiro atoms. The van der Waals surface area contributed by atoms with E-state index in [1.807, 2.05) is 29.2 Å². The van der Waals surface area contributed by atoms with Crippen LogP contribution in [-0.4, -0.2) is 46.3 Å². The van der Waals surface area contributed by atoms with Crippen molar-refractivity contribution in [2.75, 3.05) is 19.6 Å². The average Bonchev–Trinajstić information content (AvgIpc) is 2.67. The van der Waals surface area contributed by atoms with Crippen LogP contribution < -0.4 is 4.74 Å². The highest BCUT2D eigenvalue weighted by atomic mass is 79.9. The standard InChI is InChI=1S/C21H19F2NO4.BrH/c22-16-9-13(10-17(23)20(16)27)15-11-21(28-18-4-2-1-3-14(15)18)5-7-24(8-6-21)12-19(25)26;/h1-4,9-11,27H,5-8,12H2,(H,25,26);1H. The zero-order valence-corrected chi connectivity index (χ0v) is 17.1. The first-order valence-electron chi connectivity index (χ1n) is 9.01. The normalized spacial score (nSPS) is 17.7. The minimum absolute atomic E-state index is 0. The lowest BCUT2D eigenvalue weighted by atomic mass is 9.83. The number of ether oxygens (including phenoxy) is 1. The molecular weight excluding hydrogens is 448 g/mol. The van der Waals surface area contributed by atoms with E-state index in [0.717, 1.165) is 12.1 Å². The molecule has 0 saturated carbocycles. The maximum atomic E-state index is 14.0. The van der Waals surface area contributed by atoms with Crippen LogP contribution >= 0.6 is 17.0 Å². The summed E-state index contributed by atoms with van der Waals surface area (Å²) in [6.45, 7) is 1.05. The highest BCUT2D eigenvalue weighted by molar-refractivity contribution is 8.93. The molecule has 2 aromatic carbocycles. The Hall–Kier alpha value is -2.45. The number of halogens is 3. The number of piperidine rings is 1. The lowest BCUT2D eigenvalue weighted by Crippen LogP contribution is -2.49. The molecule has 8 heteroatoms. The number of hydrogen-bond acceptors (Lipinski definition) is 4. The average molecular weight is 468 g/mol. The molecule has 0 bridgehead atoms. The van der Waals surface area contributed by atoms with E-state index in [1.165, 1.54) is 0 Å². The van der Waals surface area contributed by atoms with Crippen molar-refractivity contribution in [3.05, 3.63) is 65.2 Å².